The fraction of sp³-hybridized carbons (Fsp3) is 0.647. The fourth-order valence-corrected chi connectivity index (χ4v) is 2.57. The summed E-state index contributed by atoms with van der Waals surface area (Å²) in [5.74, 6) is 0. The first-order valence-corrected chi connectivity index (χ1v) is 7.68. The zero-order valence-electron chi connectivity index (χ0n) is 13.8. The van der Waals surface area contributed by atoms with Gasteiger partial charge in [0.2, 0.25) is 0 Å². The first kappa shape index (κ1) is 17.2. The number of hydrogen-bond donors (Lipinski definition) is 1. The number of rotatable bonds is 9. The lowest BCUT2D eigenvalue weighted by atomic mass is 10.0. The van der Waals surface area contributed by atoms with E-state index in [4.69, 9.17) is 0 Å². The summed E-state index contributed by atoms with van der Waals surface area (Å²) in [5.41, 5.74) is 2.79. The van der Waals surface area contributed by atoms with E-state index in [1.807, 2.05) is 0 Å². The quantitative estimate of drug-likeness (QED) is 0.748. The molecule has 1 aromatic carbocycles. The van der Waals surface area contributed by atoms with Crippen LogP contribution in [0.4, 0.5) is 0 Å². The molecule has 0 aromatic heterocycles. The summed E-state index contributed by atoms with van der Waals surface area (Å²) in [6, 6.07) is 9.09. The van der Waals surface area contributed by atoms with Gasteiger partial charge in [-0.2, -0.15) is 0 Å². The molecule has 0 aliphatic carbocycles. The molecule has 0 saturated carbocycles. The Hall–Kier alpha value is -0.900. The molecule has 0 aliphatic rings. The van der Waals surface area contributed by atoms with Crippen molar-refractivity contribution in [3.63, 3.8) is 0 Å². The van der Waals surface area contributed by atoms with Gasteiger partial charge in [-0.15, -0.1) is 0 Å². The van der Waals surface area contributed by atoms with E-state index in [0.29, 0.717) is 6.04 Å². The van der Waals surface area contributed by atoms with Crippen molar-refractivity contribution in [2.75, 3.05) is 47.3 Å². The minimum atomic E-state index is 0.413. The molecule has 3 nitrogen and oxygen atoms in total. The predicted octanol–water partition coefficient (Wildman–Crippen LogP) is 2.53. The lowest BCUT2D eigenvalue weighted by molar-refractivity contribution is 0.242. The molecule has 0 amide bonds. The molecule has 0 bridgehead atoms. The van der Waals surface area contributed by atoms with Gasteiger partial charge >= 0.3 is 0 Å². The maximum atomic E-state index is 3.47. The first-order chi connectivity index (χ1) is 9.58. The Morgan fingerprint density at radius 2 is 1.85 bits per heavy atom. The van der Waals surface area contributed by atoms with Crippen molar-refractivity contribution >= 4 is 0 Å². The topological polar surface area (TPSA) is 18.5 Å². The molecule has 1 rings (SSSR count). The minimum absolute atomic E-state index is 0.413. The molecule has 114 valence electrons. The minimum Gasteiger partial charge on any atom is -0.312 e. The van der Waals surface area contributed by atoms with Gasteiger partial charge in [-0.1, -0.05) is 31.2 Å². The number of benzene rings is 1. The Morgan fingerprint density at radius 1 is 1.15 bits per heavy atom. The highest BCUT2D eigenvalue weighted by Gasteiger charge is 2.14. The van der Waals surface area contributed by atoms with E-state index in [1.165, 1.54) is 24.1 Å². The summed E-state index contributed by atoms with van der Waals surface area (Å²) in [4.78, 5) is 4.79. The van der Waals surface area contributed by atoms with E-state index < -0.39 is 0 Å². The Balaban J connectivity index is 2.59. The van der Waals surface area contributed by atoms with Crippen LogP contribution < -0.4 is 5.32 Å². The maximum Gasteiger partial charge on any atom is 0.0449 e. The van der Waals surface area contributed by atoms with Crippen LogP contribution in [0.1, 0.15) is 30.5 Å². The second-order valence-electron chi connectivity index (χ2n) is 5.75. The third-order valence-corrected chi connectivity index (χ3v) is 3.88. The fourth-order valence-electron chi connectivity index (χ4n) is 2.57. The van der Waals surface area contributed by atoms with Crippen LogP contribution in [-0.2, 0) is 0 Å². The summed E-state index contributed by atoms with van der Waals surface area (Å²) < 4.78 is 0. The van der Waals surface area contributed by atoms with Crippen molar-refractivity contribution in [1.29, 1.82) is 0 Å². The van der Waals surface area contributed by atoms with Crippen LogP contribution in [0, 0.1) is 6.92 Å². The lowest BCUT2D eigenvalue weighted by Crippen LogP contribution is -2.35. The Bertz CT molecular complexity index is 376. The van der Waals surface area contributed by atoms with E-state index in [0.717, 1.165) is 19.6 Å². The van der Waals surface area contributed by atoms with Crippen LogP contribution in [0.15, 0.2) is 24.3 Å². The van der Waals surface area contributed by atoms with E-state index in [2.05, 4.69) is 74.4 Å². The van der Waals surface area contributed by atoms with E-state index in [9.17, 15) is 0 Å². The van der Waals surface area contributed by atoms with E-state index >= 15 is 0 Å². The Morgan fingerprint density at radius 3 is 2.40 bits per heavy atom. The van der Waals surface area contributed by atoms with Crippen molar-refractivity contribution in [3.8, 4) is 0 Å². The molecule has 1 unspecified atom stereocenters. The molecule has 3 heteroatoms. The first-order valence-electron chi connectivity index (χ1n) is 7.68. The second kappa shape index (κ2) is 9.11. The van der Waals surface area contributed by atoms with Crippen molar-refractivity contribution in [1.82, 2.24) is 15.1 Å². The third-order valence-electron chi connectivity index (χ3n) is 3.88. The molecule has 0 fully saturated rings. The third kappa shape index (κ3) is 5.61. The monoisotopic (exact) mass is 277 g/mol. The van der Waals surface area contributed by atoms with Gasteiger partial charge in [-0.05, 0) is 65.2 Å². The number of nitrogens with zero attached hydrogens (tertiary/aromatic N) is 2. The number of nitrogens with one attached hydrogen (secondary N) is 1. The molecule has 0 spiro atoms. The molecular weight excluding hydrogens is 246 g/mol. The highest BCUT2D eigenvalue weighted by atomic mass is 15.1. The van der Waals surface area contributed by atoms with Gasteiger partial charge in [0.15, 0.2) is 0 Å². The van der Waals surface area contributed by atoms with Crippen LogP contribution in [0.25, 0.3) is 0 Å². The second-order valence-corrected chi connectivity index (χ2v) is 5.75. The average Bonchev–Trinajstić information content (AvgIpc) is 2.43. The van der Waals surface area contributed by atoms with Gasteiger partial charge < -0.3 is 15.1 Å². The van der Waals surface area contributed by atoms with Crippen LogP contribution in [0.3, 0.4) is 0 Å². The Kier molecular flexibility index (Phi) is 7.82. The maximum absolute atomic E-state index is 3.47. The van der Waals surface area contributed by atoms with Crippen LogP contribution in [0.5, 0.6) is 0 Å². The SMILES string of the molecule is CCN(CCCN(C)C)CC(NC)c1ccccc1C. The van der Waals surface area contributed by atoms with Crippen molar-refractivity contribution < 1.29 is 0 Å². The molecule has 1 N–H and O–H groups in total. The number of aryl methyl sites for hydroxylation is 1. The van der Waals surface area contributed by atoms with Gasteiger partial charge in [0, 0.05) is 12.6 Å². The normalized spacial score (nSPS) is 13.2. The number of likely N-dealkylation sites (N-methyl/N-ethyl adjacent to an activating group) is 2. The van der Waals surface area contributed by atoms with Crippen molar-refractivity contribution in [3.05, 3.63) is 35.4 Å². The van der Waals surface area contributed by atoms with Crippen LogP contribution >= 0.6 is 0 Å². The molecule has 0 saturated heterocycles. The van der Waals surface area contributed by atoms with E-state index in [1.54, 1.807) is 0 Å². The summed E-state index contributed by atoms with van der Waals surface area (Å²) in [5, 5.41) is 3.47. The molecule has 0 heterocycles. The molecule has 1 aromatic rings. The van der Waals surface area contributed by atoms with Crippen molar-refractivity contribution in [2.24, 2.45) is 0 Å². The molecule has 1 atom stereocenters. The summed E-state index contributed by atoms with van der Waals surface area (Å²) in [7, 11) is 6.34. The summed E-state index contributed by atoms with van der Waals surface area (Å²) in [6.45, 7) is 8.95. The number of hydrogen-bond acceptors (Lipinski definition) is 3. The molecule has 0 aliphatic heterocycles. The summed E-state index contributed by atoms with van der Waals surface area (Å²) in [6.07, 6.45) is 1.23. The largest absolute Gasteiger partial charge is 0.312 e. The Labute approximate surface area is 125 Å². The van der Waals surface area contributed by atoms with Crippen LogP contribution in [-0.4, -0.2) is 57.1 Å². The highest BCUT2D eigenvalue weighted by molar-refractivity contribution is 5.28. The standard InChI is InChI=1S/C17H31N3/c1-6-20(13-9-12-19(4)5)14-17(18-3)16-11-8-7-10-15(16)2/h7-8,10-11,17-18H,6,9,12-14H2,1-5H3. The highest BCUT2D eigenvalue weighted by Crippen LogP contribution is 2.18. The predicted molar refractivity (Wildman–Crippen MR) is 88.3 cm³/mol. The van der Waals surface area contributed by atoms with Crippen LogP contribution in [0.2, 0.25) is 0 Å². The molecule has 20 heavy (non-hydrogen) atoms. The lowest BCUT2D eigenvalue weighted by Gasteiger charge is -2.28. The zero-order valence-corrected chi connectivity index (χ0v) is 13.8. The van der Waals surface area contributed by atoms with Gasteiger partial charge in [0.25, 0.3) is 0 Å². The smallest absolute Gasteiger partial charge is 0.0449 e. The van der Waals surface area contributed by atoms with Crippen molar-refractivity contribution in [2.45, 2.75) is 26.3 Å². The molecule has 0 radical (unpaired) electrons. The zero-order chi connectivity index (χ0) is 15.0. The average molecular weight is 277 g/mol. The summed E-state index contributed by atoms with van der Waals surface area (Å²) >= 11 is 0. The van der Waals surface area contributed by atoms with E-state index in [-0.39, 0.29) is 0 Å². The van der Waals surface area contributed by atoms with Gasteiger partial charge in [-0.25, -0.2) is 0 Å². The van der Waals surface area contributed by atoms with Gasteiger partial charge in [0.05, 0.1) is 0 Å². The molecular formula is C17H31N3. The van der Waals surface area contributed by atoms with Gasteiger partial charge in [-0.3, -0.25) is 0 Å². The van der Waals surface area contributed by atoms with Gasteiger partial charge in [0.1, 0.15) is 0 Å².